The van der Waals surface area contributed by atoms with E-state index in [9.17, 15) is 4.79 Å². The fourth-order valence-corrected chi connectivity index (χ4v) is 1.89. The third-order valence-electron chi connectivity index (χ3n) is 2.97. The average molecular weight is 219 g/mol. The zero-order valence-electron chi connectivity index (χ0n) is 9.10. The molecule has 1 aromatic carbocycles. The molecule has 0 spiro atoms. The van der Waals surface area contributed by atoms with Crippen molar-refractivity contribution in [3.05, 3.63) is 23.8 Å². The van der Waals surface area contributed by atoms with E-state index in [2.05, 4.69) is 0 Å². The first-order chi connectivity index (χ1) is 7.74. The molecule has 16 heavy (non-hydrogen) atoms. The van der Waals surface area contributed by atoms with Gasteiger partial charge in [0.25, 0.3) is 0 Å². The Hall–Kier alpha value is -1.55. The van der Waals surface area contributed by atoms with E-state index in [1.165, 1.54) is 0 Å². The molecule has 2 heterocycles. The van der Waals surface area contributed by atoms with Crippen molar-refractivity contribution < 1.29 is 14.3 Å². The standard InChI is InChI=1S/C12H13NO3/c1-13-11-3-2-9(15-6-10-7-16-10)4-8(11)5-12(13)14/h2-4,10H,5-7H2,1H3. The lowest BCUT2D eigenvalue weighted by atomic mass is 10.1. The number of fused-ring (bicyclic) bond motifs is 1. The Morgan fingerprint density at radius 2 is 2.38 bits per heavy atom. The molecule has 1 amide bonds. The van der Waals surface area contributed by atoms with E-state index >= 15 is 0 Å². The fraction of sp³-hybridized carbons (Fsp3) is 0.417. The van der Waals surface area contributed by atoms with Crippen molar-refractivity contribution in [1.29, 1.82) is 0 Å². The number of hydrogen-bond acceptors (Lipinski definition) is 3. The SMILES string of the molecule is CN1C(=O)Cc2cc(OCC3CO3)ccc21. The number of likely N-dealkylation sites (N-methyl/N-ethyl adjacent to an activating group) is 1. The van der Waals surface area contributed by atoms with Gasteiger partial charge in [-0.3, -0.25) is 4.79 Å². The number of nitrogens with zero attached hydrogens (tertiary/aromatic N) is 1. The molecule has 3 rings (SSSR count). The van der Waals surface area contributed by atoms with Gasteiger partial charge in [0.1, 0.15) is 18.5 Å². The third kappa shape index (κ3) is 1.65. The van der Waals surface area contributed by atoms with Gasteiger partial charge >= 0.3 is 0 Å². The summed E-state index contributed by atoms with van der Waals surface area (Å²) >= 11 is 0. The second-order valence-electron chi connectivity index (χ2n) is 4.19. The summed E-state index contributed by atoms with van der Waals surface area (Å²) in [4.78, 5) is 13.2. The van der Waals surface area contributed by atoms with Crippen LogP contribution in [0, 0.1) is 0 Å². The first-order valence-corrected chi connectivity index (χ1v) is 5.38. The number of anilines is 1. The number of hydrogen-bond donors (Lipinski definition) is 0. The molecule has 0 aliphatic carbocycles. The summed E-state index contributed by atoms with van der Waals surface area (Å²) in [6.07, 6.45) is 0.737. The summed E-state index contributed by atoms with van der Waals surface area (Å²) in [6.45, 7) is 1.40. The van der Waals surface area contributed by atoms with Gasteiger partial charge in [0.05, 0.1) is 13.0 Å². The molecule has 84 valence electrons. The largest absolute Gasteiger partial charge is 0.491 e. The van der Waals surface area contributed by atoms with Crippen LogP contribution in [0.3, 0.4) is 0 Å². The van der Waals surface area contributed by atoms with Crippen LogP contribution in [0.4, 0.5) is 5.69 Å². The average Bonchev–Trinajstić information content (AvgIpc) is 3.05. The third-order valence-corrected chi connectivity index (χ3v) is 2.97. The summed E-state index contributed by atoms with van der Waals surface area (Å²) in [6, 6.07) is 5.78. The molecule has 2 aliphatic rings. The lowest BCUT2D eigenvalue weighted by Gasteiger charge is -2.10. The Morgan fingerprint density at radius 1 is 1.56 bits per heavy atom. The van der Waals surface area contributed by atoms with Crippen molar-refractivity contribution in [3.63, 3.8) is 0 Å². The summed E-state index contributed by atoms with van der Waals surface area (Å²) < 4.78 is 10.6. The Balaban J connectivity index is 1.77. The molecule has 1 atom stereocenters. The first-order valence-electron chi connectivity index (χ1n) is 5.38. The predicted molar refractivity (Wildman–Crippen MR) is 58.8 cm³/mol. The van der Waals surface area contributed by atoms with Crippen LogP contribution in [0.15, 0.2) is 18.2 Å². The molecule has 0 N–H and O–H groups in total. The lowest BCUT2D eigenvalue weighted by molar-refractivity contribution is -0.117. The van der Waals surface area contributed by atoms with Gasteiger partial charge in [0, 0.05) is 12.7 Å². The second-order valence-corrected chi connectivity index (χ2v) is 4.19. The Bertz CT molecular complexity index is 440. The van der Waals surface area contributed by atoms with E-state index in [1.807, 2.05) is 18.2 Å². The summed E-state index contributed by atoms with van der Waals surface area (Å²) in [5, 5.41) is 0. The predicted octanol–water partition coefficient (Wildman–Crippen LogP) is 0.983. The van der Waals surface area contributed by atoms with Crippen LogP contribution >= 0.6 is 0 Å². The maximum absolute atomic E-state index is 11.5. The van der Waals surface area contributed by atoms with Crippen molar-refractivity contribution in [2.45, 2.75) is 12.5 Å². The van der Waals surface area contributed by atoms with Crippen LogP contribution in [0.2, 0.25) is 0 Å². The number of benzene rings is 1. The van der Waals surface area contributed by atoms with E-state index in [0.717, 1.165) is 23.6 Å². The monoisotopic (exact) mass is 219 g/mol. The number of rotatable bonds is 3. The van der Waals surface area contributed by atoms with E-state index in [-0.39, 0.29) is 12.0 Å². The van der Waals surface area contributed by atoms with Crippen LogP contribution < -0.4 is 9.64 Å². The number of carbonyl (C=O) groups is 1. The van der Waals surface area contributed by atoms with Gasteiger partial charge in [-0.25, -0.2) is 0 Å². The molecule has 2 aliphatic heterocycles. The zero-order chi connectivity index (χ0) is 11.1. The summed E-state index contributed by atoms with van der Waals surface area (Å²) in [7, 11) is 1.80. The topological polar surface area (TPSA) is 42.1 Å². The smallest absolute Gasteiger partial charge is 0.231 e. The van der Waals surface area contributed by atoms with Crippen LogP contribution in [-0.2, 0) is 16.0 Å². The van der Waals surface area contributed by atoms with Crippen LogP contribution in [-0.4, -0.2) is 32.3 Å². The van der Waals surface area contributed by atoms with Gasteiger partial charge in [-0.05, 0) is 23.8 Å². The van der Waals surface area contributed by atoms with E-state index in [1.54, 1.807) is 11.9 Å². The Kier molecular flexibility index (Phi) is 2.11. The number of carbonyl (C=O) groups excluding carboxylic acids is 1. The van der Waals surface area contributed by atoms with Gasteiger partial charge < -0.3 is 14.4 Å². The maximum Gasteiger partial charge on any atom is 0.231 e. The van der Waals surface area contributed by atoms with Crippen LogP contribution in [0.25, 0.3) is 0 Å². The van der Waals surface area contributed by atoms with E-state index in [0.29, 0.717) is 13.0 Å². The molecule has 1 fully saturated rings. The quantitative estimate of drug-likeness (QED) is 0.712. The van der Waals surface area contributed by atoms with E-state index < -0.39 is 0 Å². The van der Waals surface area contributed by atoms with Crippen molar-refractivity contribution in [2.75, 3.05) is 25.2 Å². The molecule has 0 bridgehead atoms. The number of epoxide rings is 1. The minimum atomic E-state index is 0.137. The van der Waals surface area contributed by atoms with Gasteiger partial charge in [0.2, 0.25) is 5.91 Å². The Labute approximate surface area is 93.8 Å². The molecule has 1 aromatic rings. The molecule has 1 unspecified atom stereocenters. The highest BCUT2D eigenvalue weighted by Crippen LogP contribution is 2.31. The van der Waals surface area contributed by atoms with Crippen molar-refractivity contribution in [2.24, 2.45) is 0 Å². The Morgan fingerprint density at radius 3 is 3.12 bits per heavy atom. The summed E-state index contributed by atoms with van der Waals surface area (Å²) in [5.74, 6) is 0.954. The van der Waals surface area contributed by atoms with Crippen molar-refractivity contribution >= 4 is 11.6 Å². The van der Waals surface area contributed by atoms with Gasteiger partial charge in [-0.2, -0.15) is 0 Å². The summed E-state index contributed by atoms with van der Waals surface area (Å²) in [5.41, 5.74) is 2.03. The molecule has 1 saturated heterocycles. The van der Waals surface area contributed by atoms with Crippen molar-refractivity contribution in [1.82, 2.24) is 0 Å². The molecule has 0 saturated carbocycles. The first kappa shape index (κ1) is 9.66. The zero-order valence-corrected chi connectivity index (χ0v) is 9.10. The molecule has 4 heteroatoms. The van der Waals surface area contributed by atoms with Gasteiger partial charge in [-0.1, -0.05) is 0 Å². The van der Waals surface area contributed by atoms with Crippen LogP contribution in [0.1, 0.15) is 5.56 Å². The number of amides is 1. The second kappa shape index (κ2) is 3.49. The highest BCUT2D eigenvalue weighted by Gasteiger charge is 2.25. The highest BCUT2D eigenvalue weighted by atomic mass is 16.6. The fourth-order valence-electron chi connectivity index (χ4n) is 1.89. The molecular formula is C12H13NO3. The molecule has 4 nitrogen and oxygen atoms in total. The van der Waals surface area contributed by atoms with E-state index in [4.69, 9.17) is 9.47 Å². The molecule has 0 radical (unpaired) electrons. The molecular weight excluding hydrogens is 206 g/mol. The number of ether oxygens (including phenoxy) is 2. The molecule has 0 aromatic heterocycles. The van der Waals surface area contributed by atoms with Crippen LogP contribution in [0.5, 0.6) is 5.75 Å². The van der Waals surface area contributed by atoms with Gasteiger partial charge in [0.15, 0.2) is 0 Å². The maximum atomic E-state index is 11.5. The lowest BCUT2D eigenvalue weighted by Crippen LogP contribution is -2.20. The van der Waals surface area contributed by atoms with Gasteiger partial charge in [-0.15, -0.1) is 0 Å². The highest BCUT2D eigenvalue weighted by molar-refractivity contribution is 6.01. The van der Waals surface area contributed by atoms with Crippen molar-refractivity contribution in [3.8, 4) is 5.75 Å². The minimum absolute atomic E-state index is 0.137. The normalized spacial score (nSPS) is 22.2. The minimum Gasteiger partial charge on any atom is -0.491 e.